The zero-order valence-electron chi connectivity index (χ0n) is 14.2. The lowest BCUT2D eigenvalue weighted by atomic mass is 10.1. The van der Waals surface area contributed by atoms with Gasteiger partial charge in [-0.25, -0.2) is 4.79 Å². The van der Waals surface area contributed by atoms with Crippen molar-refractivity contribution in [2.45, 2.75) is 31.8 Å². The van der Waals surface area contributed by atoms with Crippen molar-refractivity contribution in [1.82, 2.24) is 5.32 Å². The molecular weight excluding hydrogens is 314 g/mol. The average Bonchev–Trinajstić information content (AvgIpc) is 3.14. The smallest absolute Gasteiger partial charge is 0.322 e. The Labute approximate surface area is 147 Å². The van der Waals surface area contributed by atoms with Crippen LogP contribution < -0.4 is 15.1 Å². The van der Waals surface area contributed by atoms with Crippen LogP contribution in [0.5, 0.6) is 0 Å². The summed E-state index contributed by atoms with van der Waals surface area (Å²) in [6, 6.07) is 17.4. The molecule has 1 N–H and O–H groups in total. The molecule has 0 aromatic heterocycles. The highest BCUT2D eigenvalue weighted by Crippen LogP contribution is 2.32. The Bertz CT molecular complexity index is 806. The third-order valence-corrected chi connectivity index (χ3v) is 4.95. The van der Waals surface area contributed by atoms with E-state index < -0.39 is 0 Å². The van der Waals surface area contributed by atoms with Gasteiger partial charge in [-0.2, -0.15) is 0 Å². The van der Waals surface area contributed by atoms with Gasteiger partial charge in [0, 0.05) is 30.4 Å². The number of anilines is 2. The second-order valence-electron chi connectivity index (χ2n) is 6.74. The van der Waals surface area contributed by atoms with Crippen molar-refractivity contribution < 1.29 is 9.59 Å². The fourth-order valence-electron chi connectivity index (χ4n) is 3.78. The summed E-state index contributed by atoms with van der Waals surface area (Å²) >= 11 is 0. The number of benzene rings is 2. The lowest BCUT2D eigenvalue weighted by Crippen LogP contribution is -2.48. The lowest BCUT2D eigenvalue weighted by molar-refractivity contribution is -0.117. The Morgan fingerprint density at radius 1 is 1.04 bits per heavy atom. The van der Waals surface area contributed by atoms with Crippen molar-refractivity contribution in [2.75, 3.05) is 16.3 Å². The molecule has 0 bridgehead atoms. The molecule has 2 aliphatic heterocycles. The van der Waals surface area contributed by atoms with Crippen LogP contribution >= 0.6 is 0 Å². The number of fused-ring (bicyclic) bond motifs is 1. The quantitative estimate of drug-likeness (QED) is 0.917. The van der Waals surface area contributed by atoms with Gasteiger partial charge in [-0.3, -0.25) is 9.69 Å². The van der Waals surface area contributed by atoms with E-state index in [2.05, 4.69) is 18.3 Å². The molecule has 4 rings (SSSR count). The first-order valence-corrected chi connectivity index (χ1v) is 8.66. The predicted molar refractivity (Wildman–Crippen MR) is 97.8 cm³/mol. The second-order valence-corrected chi connectivity index (χ2v) is 6.74. The van der Waals surface area contributed by atoms with Crippen molar-refractivity contribution >= 4 is 23.3 Å². The summed E-state index contributed by atoms with van der Waals surface area (Å²) in [5.74, 6) is 0.0476. The Hall–Kier alpha value is -2.82. The van der Waals surface area contributed by atoms with Crippen molar-refractivity contribution in [3.05, 3.63) is 60.2 Å². The van der Waals surface area contributed by atoms with Crippen LogP contribution in [-0.4, -0.2) is 30.6 Å². The number of rotatable bonds is 2. The van der Waals surface area contributed by atoms with Gasteiger partial charge in [-0.05, 0) is 37.1 Å². The molecule has 0 radical (unpaired) electrons. The summed E-state index contributed by atoms with van der Waals surface area (Å²) in [7, 11) is 0. The van der Waals surface area contributed by atoms with Crippen molar-refractivity contribution in [1.29, 1.82) is 0 Å². The minimum atomic E-state index is -0.167. The van der Waals surface area contributed by atoms with Gasteiger partial charge < -0.3 is 10.2 Å². The number of carbonyl (C=O) groups excluding carboxylic acids is 2. The number of carbonyl (C=O) groups is 2. The highest BCUT2D eigenvalue weighted by molar-refractivity contribution is 5.99. The number of nitrogens with one attached hydrogen (secondary N) is 1. The van der Waals surface area contributed by atoms with Gasteiger partial charge in [-0.15, -0.1) is 0 Å². The monoisotopic (exact) mass is 335 g/mol. The average molecular weight is 335 g/mol. The third kappa shape index (κ3) is 2.86. The molecule has 5 heteroatoms. The van der Waals surface area contributed by atoms with Crippen molar-refractivity contribution in [3.8, 4) is 0 Å². The molecule has 128 valence electrons. The van der Waals surface area contributed by atoms with Gasteiger partial charge in [0.05, 0.1) is 6.04 Å². The molecule has 1 fully saturated rings. The van der Waals surface area contributed by atoms with E-state index in [-0.39, 0.29) is 24.0 Å². The topological polar surface area (TPSA) is 52.7 Å². The maximum atomic E-state index is 12.8. The number of nitrogens with zero attached hydrogens (tertiary/aromatic N) is 2. The molecule has 2 aromatic rings. The van der Waals surface area contributed by atoms with Crippen molar-refractivity contribution in [2.24, 2.45) is 0 Å². The lowest BCUT2D eigenvalue weighted by Gasteiger charge is -2.25. The summed E-state index contributed by atoms with van der Waals surface area (Å²) < 4.78 is 0. The summed E-state index contributed by atoms with van der Waals surface area (Å²) in [5.41, 5.74) is 3.04. The van der Waals surface area contributed by atoms with Gasteiger partial charge in [0.1, 0.15) is 0 Å². The minimum Gasteiger partial charge on any atom is -0.333 e. The van der Waals surface area contributed by atoms with E-state index in [0.29, 0.717) is 13.0 Å². The third-order valence-electron chi connectivity index (χ3n) is 4.95. The molecule has 0 aliphatic carbocycles. The molecule has 5 nitrogen and oxygen atoms in total. The number of urea groups is 1. The zero-order valence-corrected chi connectivity index (χ0v) is 14.2. The van der Waals surface area contributed by atoms with Crippen LogP contribution in [0.3, 0.4) is 0 Å². The number of hydrogen-bond acceptors (Lipinski definition) is 2. The van der Waals surface area contributed by atoms with Gasteiger partial charge in [0.2, 0.25) is 5.91 Å². The molecule has 1 saturated heterocycles. The Morgan fingerprint density at radius 2 is 1.76 bits per heavy atom. The van der Waals surface area contributed by atoms with Gasteiger partial charge >= 0.3 is 6.03 Å². The van der Waals surface area contributed by atoms with Crippen LogP contribution in [0.1, 0.15) is 18.9 Å². The molecule has 0 spiro atoms. The molecule has 0 unspecified atom stereocenters. The van der Waals surface area contributed by atoms with Crippen LogP contribution in [0.4, 0.5) is 16.2 Å². The molecule has 2 aromatic carbocycles. The molecule has 2 aliphatic rings. The highest BCUT2D eigenvalue weighted by Gasteiger charge is 2.35. The molecule has 25 heavy (non-hydrogen) atoms. The standard InChI is InChI=1S/C20H21N3O2/c1-14-11-15-7-5-6-10-18(15)23(14)20(25)21-16-12-19(24)22(13-16)17-8-3-2-4-9-17/h2-10,14,16H,11-13H2,1H3,(H,21,25)/t14-,16-/m0/s1. The van der Waals surface area contributed by atoms with E-state index >= 15 is 0 Å². The SMILES string of the molecule is C[C@H]1Cc2ccccc2N1C(=O)N[C@H]1CC(=O)N(c2ccccc2)C1. The maximum absolute atomic E-state index is 12.8. The Kier molecular flexibility index (Phi) is 3.92. The minimum absolute atomic E-state index is 0.0476. The highest BCUT2D eigenvalue weighted by atomic mass is 16.2. The van der Waals surface area contributed by atoms with E-state index in [9.17, 15) is 9.59 Å². The van der Waals surface area contributed by atoms with Crippen LogP contribution in [0.2, 0.25) is 0 Å². The van der Waals surface area contributed by atoms with Crippen LogP contribution in [-0.2, 0) is 11.2 Å². The van der Waals surface area contributed by atoms with Gasteiger partial charge in [0.25, 0.3) is 0 Å². The first kappa shape index (κ1) is 15.7. The van der Waals surface area contributed by atoms with E-state index in [1.54, 1.807) is 4.90 Å². The van der Waals surface area contributed by atoms with E-state index in [1.165, 1.54) is 5.56 Å². The Balaban J connectivity index is 1.46. The molecule has 2 atom stereocenters. The number of para-hydroxylation sites is 2. The van der Waals surface area contributed by atoms with E-state index in [0.717, 1.165) is 17.8 Å². The molecule has 3 amide bonds. The number of hydrogen-bond donors (Lipinski definition) is 1. The first-order chi connectivity index (χ1) is 12.1. The van der Waals surface area contributed by atoms with Gasteiger partial charge in [0.15, 0.2) is 0 Å². The van der Waals surface area contributed by atoms with Crippen molar-refractivity contribution in [3.63, 3.8) is 0 Å². The summed E-state index contributed by atoms with van der Waals surface area (Å²) in [5, 5.41) is 3.05. The molecule has 0 saturated carbocycles. The van der Waals surface area contributed by atoms with E-state index in [1.807, 2.05) is 53.4 Å². The summed E-state index contributed by atoms with van der Waals surface area (Å²) in [6.07, 6.45) is 1.20. The van der Waals surface area contributed by atoms with Crippen LogP contribution in [0, 0.1) is 0 Å². The fraction of sp³-hybridized carbons (Fsp3) is 0.300. The van der Waals surface area contributed by atoms with Crippen LogP contribution in [0.15, 0.2) is 54.6 Å². The van der Waals surface area contributed by atoms with Crippen LogP contribution in [0.25, 0.3) is 0 Å². The molecular formula is C20H21N3O2. The first-order valence-electron chi connectivity index (χ1n) is 8.66. The zero-order chi connectivity index (χ0) is 17.4. The number of amides is 3. The normalized spacial score (nSPS) is 22.2. The Morgan fingerprint density at radius 3 is 2.56 bits per heavy atom. The second kappa shape index (κ2) is 6.24. The largest absolute Gasteiger partial charge is 0.333 e. The maximum Gasteiger partial charge on any atom is 0.322 e. The summed E-state index contributed by atoms with van der Waals surface area (Å²) in [4.78, 5) is 28.7. The molecule has 2 heterocycles. The van der Waals surface area contributed by atoms with Gasteiger partial charge in [-0.1, -0.05) is 36.4 Å². The fourth-order valence-corrected chi connectivity index (χ4v) is 3.78. The predicted octanol–water partition coefficient (Wildman–Crippen LogP) is 2.95. The summed E-state index contributed by atoms with van der Waals surface area (Å²) in [6.45, 7) is 2.56. The van der Waals surface area contributed by atoms with E-state index in [4.69, 9.17) is 0 Å².